The van der Waals surface area contributed by atoms with Gasteiger partial charge in [0.15, 0.2) is 0 Å². The van der Waals surface area contributed by atoms with Crippen molar-refractivity contribution in [3.05, 3.63) is 18.2 Å². The molecule has 0 aliphatic carbocycles. The first-order chi connectivity index (χ1) is 10.7. The average molecular weight is 306 g/mol. The summed E-state index contributed by atoms with van der Waals surface area (Å²) in [5.41, 5.74) is 0.295. The lowest BCUT2D eigenvalue weighted by Crippen LogP contribution is -2.51. The summed E-state index contributed by atoms with van der Waals surface area (Å²) < 4.78 is 0. The fourth-order valence-corrected chi connectivity index (χ4v) is 3.76. The second-order valence-corrected chi connectivity index (χ2v) is 6.70. The van der Waals surface area contributed by atoms with Crippen molar-refractivity contribution >= 4 is 5.91 Å². The van der Waals surface area contributed by atoms with Gasteiger partial charge in [-0.15, -0.1) is 0 Å². The molecular weight excluding hydrogens is 280 g/mol. The van der Waals surface area contributed by atoms with E-state index in [9.17, 15) is 4.79 Å². The summed E-state index contributed by atoms with van der Waals surface area (Å²) in [5, 5.41) is 8.99. The van der Waals surface area contributed by atoms with Crippen LogP contribution >= 0.6 is 0 Å². The summed E-state index contributed by atoms with van der Waals surface area (Å²) in [4.78, 5) is 23.9. The number of likely N-dealkylation sites (tertiary alicyclic amines) is 2. The van der Waals surface area contributed by atoms with Crippen LogP contribution in [0.15, 0.2) is 12.4 Å². The second kappa shape index (κ2) is 6.79. The molecule has 1 spiro atoms. The van der Waals surface area contributed by atoms with E-state index in [1.165, 1.54) is 0 Å². The van der Waals surface area contributed by atoms with Crippen molar-refractivity contribution < 1.29 is 9.90 Å². The third kappa shape index (κ3) is 3.50. The lowest BCUT2D eigenvalue weighted by Gasteiger charge is -2.47. The third-order valence-corrected chi connectivity index (χ3v) is 5.18. The minimum absolute atomic E-state index is 0.160. The zero-order chi connectivity index (χ0) is 15.4. The van der Waals surface area contributed by atoms with Crippen LogP contribution in [0.3, 0.4) is 0 Å². The van der Waals surface area contributed by atoms with E-state index in [2.05, 4.69) is 14.9 Å². The van der Waals surface area contributed by atoms with Crippen LogP contribution in [0.25, 0.3) is 0 Å². The fraction of sp³-hybridized carbons (Fsp3) is 0.750. The number of carbonyl (C=O) groups is 1. The van der Waals surface area contributed by atoms with Gasteiger partial charge in [-0.05, 0) is 44.2 Å². The van der Waals surface area contributed by atoms with E-state index < -0.39 is 0 Å². The van der Waals surface area contributed by atoms with Crippen molar-refractivity contribution in [2.24, 2.45) is 5.41 Å². The number of nitrogens with one attached hydrogen (secondary N) is 1. The molecule has 1 amide bonds. The highest BCUT2D eigenvalue weighted by Crippen LogP contribution is 2.40. The number of imidazole rings is 1. The quantitative estimate of drug-likeness (QED) is 0.851. The number of aliphatic hydroxyl groups excluding tert-OH is 1. The maximum atomic E-state index is 12.0. The van der Waals surface area contributed by atoms with Crippen LogP contribution in [-0.2, 0) is 11.3 Å². The van der Waals surface area contributed by atoms with Gasteiger partial charge in [-0.25, -0.2) is 4.98 Å². The lowest BCUT2D eigenvalue weighted by molar-refractivity contribution is -0.139. The molecule has 22 heavy (non-hydrogen) atoms. The van der Waals surface area contributed by atoms with Crippen molar-refractivity contribution in [1.82, 2.24) is 19.8 Å². The molecule has 0 aromatic carbocycles. The number of aliphatic hydroxyl groups is 1. The highest BCUT2D eigenvalue weighted by molar-refractivity contribution is 5.77. The van der Waals surface area contributed by atoms with E-state index in [4.69, 9.17) is 5.11 Å². The van der Waals surface area contributed by atoms with Gasteiger partial charge < -0.3 is 15.0 Å². The zero-order valence-corrected chi connectivity index (χ0v) is 13.1. The minimum atomic E-state index is 0.160. The number of nitrogens with zero attached hydrogens (tertiary/aromatic N) is 3. The fourth-order valence-electron chi connectivity index (χ4n) is 3.76. The molecule has 6 heteroatoms. The van der Waals surface area contributed by atoms with Crippen molar-refractivity contribution in [2.75, 3.05) is 32.8 Å². The van der Waals surface area contributed by atoms with Gasteiger partial charge in [0.25, 0.3) is 0 Å². The Morgan fingerprint density at radius 2 is 2.14 bits per heavy atom. The molecule has 3 rings (SSSR count). The predicted octanol–water partition coefficient (Wildman–Crippen LogP) is 0.997. The highest BCUT2D eigenvalue weighted by Gasteiger charge is 2.40. The Bertz CT molecular complexity index is 480. The number of rotatable bonds is 5. The van der Waals surface area contributed by atoms with Crippen LogP contribution in [0.5, 0.6) is 0 Å². The largest absolute Gasteiger partial charge is 0.396 e. The van der Waals surface area contributed by atoms with E-state index in [-0.39, 0.29) is 12.5 Å². The van der Waals surface area contributed by atoms with E-state index in [0.29, 0.717) is 24.8 Å². The zero-order valence-electron chi connectivity index (χ0n) is 13.1. The Balaban J connectivity index is 1.53. The third-order valence-electron chi connectivity index (χ3n) is 5.18. The number of aromatic amines is 1. The van der Waals surface area contributed by atoms with Gasteiger partial charge in [0, 0.05) is 38.5 Å². The second-order valence-electron chi connectivity index (χ2n) is 6.70. The Hall–Kier alpha value is -1.40. The molecular formula is C16H26N4O2. The molecule has 0 unspecified atom stereocenters. The Labute approximate surface area is 131 Å². The minimum Gasteiger partial charge on any atom is -0.396 e. The first-order valence-electron chi connectivity index (χ1n) is 8.30. The number of H-pyrrole nitrogens is 1. The van der Waals surface area contributed by atoms with Gasteiger partial charge in [-0.2, -0.15) is 0 Å². The van der Waals surface area contributed by atoms with Gasteiger partial charge in [0.2, 0.25) is 5.91 Å². The Morgan fingerprint density at radius 1 is 1.32 bits per heavy atom. The van der Waals surface area contributed by atoms with Crippen LogP contribution in [-0.4, -0.2) is 63.6 Å². The molecule has 2 aliphatic rings. The molecule has 0 radical (unpaired) electrons. The molecule has 0 saturated carbocycles. The number of amides is 1. The van der Waals surface area contributed by atoms with Crippen LogP contribution in [0.1, 0.15) is 37.9 Å². The van der Waals surface area contributed by atoms with Crippen molar-refractivity contribution in [3.63, 3.8) is 0 Å². The molecule has 2 saturated heterocycles. The Kier molecular flexibility index (Phi) is 4.78. The maximum Gasteiger partial charge on any atom is 0.222 e. The van der Waals surface area contributed by atoms with Crippen molar-refractivity contribution in [3.8, 4) is 0 Å². The summed E-state index contributed by atoms with van der Waals surface area (Å²) in [6, 6.07) is 0. The number of hydrogen-bond donors (Lipinski definition) is 2. The van der Waals surface area contributed by atoms with E-state index in [1.54, 1.807) is 6.20 Å². The van der Waals surface area contributed by atoms with Gasteiger partial charge in [0.05, 0.1) is 6.54 Å². The predicted molar refractivity (Wildman–Crippen MR) is 83.0 cm³/mol. The number of aromatic nitrogens is 2. The summed E-state index contributed by atoms with van der Waals surface area (Å²) in [7, 11) is 0. The SMILES string of the molecule is O=C1CCC2(CCN(Cc3ncc[nH]3)CC2)CN1CCCO. The molecule has 1 aromatic heterocycles. The molecule has 6 nitrogen and oxygen atoms in total. The molecule has 3 heterocycles. The number of hydrogen-bond acceptors (Lipinski definition) is 4. The summed E-state index contributed by atoms with van der Waals surface area (Å²) in [6.07, 6.45) is 8.35. The average Bonchev–Trinajstić information content (AvgIpc) is 3.04. The first kappa shape index (κ1) is 15.5. The first-order valence-corrected chi connectivity index (χ1v) is 8.30. The van der Waals surface area contributed by atoms with E-state index in [0.717, 1.165) is 51.3 Å². The van der Waals surface area contributed by atoms with Crippen LogP contribution in [0.4, 0.5) is 0 Å². The molecule has 0 atom stereocenters. The molecule has 2 fully saturated rings. The summed E-state index contributed by atoms with van der Waals surface area (Å²) >= 11 is 0. The van der Waals surface area contributed by atoms with Crippen LogP contribution < -0.4 is 0 Å². The highest BCUT2D eigenvalue weighted by atomic mass is 16.3. The molecule has 122 valence electrons. The van der Waals surface area contributed by atoms with Crippen LogP contribution in [0.2, 0.25) is 0 Å². The monoisotopic (exact) mass is 306 g/mol. The normalized spacial score (nSPS) is 22.4. The van der Waals surface area contributed by atoms with Gasteiger partial charge in [0.1, 0.15) is 5.82 Å². The molecule has 2 N–H and O–H groups in total. The van der Waals surface area contributed by atoms with Gasteiger partial charge in [-0.1, -0.05) is 0 Å². The molecule has 0 bridgehead atoms. The number of carbonyl (C=O) groups excluding carboxylic acids is 1. The lowest BCUT2D eigenvalue weighted by atomic mass is 9.72. The molecule has 1 aromatic rings. The maximum absolute atomic E-state index is 12.0. The number of piperidine rings is 2. The topological polar surface area (TPSA) is 72.5 Å². The van der Waals surface area contributed by atoms with E-state index in [1.807, 2.05) is 11.1 Å². The standard InChI is InChI=1S/C16H26N4O2/c21-11-1-8-20-13-16(3-2-15(20)22)4-9-19(10-5-16)12-14-17-6-7-18-14/h6-7,21H,1-5,8-13H2,(H,17,18). The molecule has 2 aliphatic heterocycles. The van der Waals surface area contributed by atoms with Crippen molar-refractivity contribution in [1.29, 1.82) is 0 Å². The van der Waals surface area contributed by atoms with Crippen molar-refractivity contribution in [2.45, 2.75) is 38.6 Å². The smallest absolute Gasteiger partial charge is 0.222 e. The van der Waals surface area contributed by atoms with Crippen LogP contribution in [0, 0.1) is 5.41 Å². The summed E-state index contributed by atoms with van der Waals surface area (Å²) in [5.74, 6) is 1.29. The summed E-state index contributed by atoms with van der Waals surface area (Å²) in [6.45, 7) is 4.77. The Morgan fingerprint density at radius 3 is 2.82 bits per heavy atom. The van der Waals surface area contributed by atoms with E-state index >= 15 is 0 Å². The van der Waals surface area contributed by atoms with Gasteiger partial charge in [-0.3, -0.25) is 9.69 Å². The van der Waals surface area contributed by atoms with Gasteiger partial charge >= 0.3 is 0 Å².